The highest BCUT2D eigenvalue weighted by molar-refractivity contribution is 5.95. The van der Waals surface area contributed by atoms with Crippen LogP contribution in [-0.2, 0) is 11.2 Å². The molecule has 1 N–H and O–H groups in total. The van der Waals surface area contributed by atoms with Gasteiger partial charge in [0.25, 0.3) is 5.69 Å². The van der Waals surface area contributed by atoms with Crippen LogP contribution in [0.4, 0.5) is 21.5 Å². The summed E-state index contributed by atoms with van der Waals surface area (Å²) in [6.45, 7) is 0.724. The van der Waals surface area contributed by atoms with Crippen molar-refractivity contribution in [2.24, 2.45) is 0 Å². The van der Waals surface area contributed by atoms with Crippen molar-refractivity contribution in [3.05, 3.63) is 64.0 Å². The van der Waals surface area contributed by atoms with Gasteiger partial charge in [-0.3, -0.25) is 14.9 Å². The van der Waals surface area contributed by atoms with E-state index in [0.29, 0.717) is 17.9 Å². The van der Waals surface area contributed by atoms with Crippen LogP contribution in [0.15, 0.2) is 42.5 Å². The van der Waals surface area contributed by atoms with Gasteiger partial charge in [0.1, 0.15) is 11.5 Å². The zero-order valence-corrected chi connectivity index (χ0v) is 13.6. The summed E-state index contributed by atoms with van der Waals surface area (Å²) in [7, 11) is 0. The van der Waals surface area contributed by atoms with Crippen molar-refractivity contribution in [3.63, 3.8) is 0 Å². The number of carbonyl (C=O) groups excluding carboxylic acids is 1. The Balaban J connectivity index is 1.66. The number of amides is 1. The van der Waals surface area contributed by atoms with Crippen LogP contribution in [0.3, 0.4) is 0 Å². The van der Waals surface area contributed by atoms with E-state index in [0.717, 1.165) is 18.4 Å². The lowest BCUT2D eigenvalue weighted by atomic mass is 10.0. The lowest BCUT2D eigenvalue weighted by Crippen LogP contribution is -2.37. The van der Waals surface area contributed by atoms with Crippen molar-refractivity contribution in [1.82, 2.24) is 0 Å². The van der Waals surface area contributed by atoms with Crippen LogP contribution in [0.5, 0.6) is 0 Å². The van der Waals surface area contributed by atoms with E-state index in [1.54, 1.807) is 24.3 Å². The van der Waals surface area contributed by atoms with E-state index in [-0.39, 0.29) is 24.6 Å². The highest BCUT2D eigenvalue weighted by Crippen LogP contribution is 2.30. The number of fused-ring (bicyclic) bond motifs is 1. The molecule has 0 atom stereocenters. The molecule has 0 saturated carbocycles. The quantitative estimate of drug-likeness (QED) is 0.666. The molecule has 0 unspecified atom stereocenters. The van der Waals surface area contributed by atoms with Crippen LogP contribution in [-0.4, -0.2) is 23.9 Å². The first-order chi connectivity index (χ1) is 12.1. The van der Waals surface area contributed by atoms with Crippen molar-refractivity contribution in [3.8, 4) is 0 Å². The average Bonchev–Trinajstić information content (AvgIpc) is 2.61. The summed E-state index contributed by atoms with van der Waals surface area (Å²) in [5.74, 6) is -0.589. The number of aryl methyl sites for hydroxylation is 1. The number of halogens is 1. The molecule has 3 rings (SSSR count). The van der Waals surface area contributed by atoms with E-state index in [4.69, 9.17) is 0 Å². The Morgan fingerprint density at radius 1 is 1.24 bits per heavy atom. The largest absolute Gasteiger partial charge is 0.379 e. The first kappa shape index (κ1) is 16.9. The van der Waals surface area contributed by atoms with Gasteiger partial charge in [-0.1, -0.05) is 24.3 Å². The molecule has 0 spiro atoms. The molecule has 2 aromatic carbocycles. The second kappa shape index (κ2) is 7.29. The Hall–Kier alpha value is -2.96. The SMILES string of the molecule is O=C(CCNc1ccccc1[N+](=O)[O-])N1CCCc2cccc(F)c21. The van der Waals surface area contributed by atoms with Crippen molar-refractivity contribution in [2.75, 3.05) is 23.3 Å². The molecule has 1 aliphatic heterocycles. The third-order valence-corrected chi connectivity index (χ3v) is 4.22. The highest BCUT2D eigenvalue weighted by atomic mass is 19.1. The van der Waals surface area contributed by atoms with E-state index in [1.807, 2.05) is 6.07 Å². The Labute approximate surface area is 144 Å². The summed E-state index contributed by atoms with van der Waals surface area (Å²) in [6.07, 6.45) is 1.67. The van der Waals surface area contributed by atoms with Crippen LogP contribution in [0.25, 0.3) is 0 Å². The summed E-state index contributed by atoms with van der Waals surface area (Å²) in [5, 5.41) is 13.9. The van der Waals surface area contributed by atoms with Crippen LogP contribution in [0.1, 0.15) is 18.4 Å². The molecule has 1 amide bonds. The second-order valence-electron chi connectivity index (χ2n) is 5.85. The molecule has 2 aromatic rings. The van der Waals surface area contributed by atoms with Crippen LogP contribution in [0, 0.1) is 15.9 Å². The maximum Gasteiger partial charge on any atom is 0.292 e. The van der Waals surface area contributed by atoms with E-state index in [2.05, 4.69) is 5.32 Å². The van der Waals surface area contributed by atoms with Crippen molar-refractivity contribution >= 4 is 23.0 Å². The highest BCUT2D eigenvalue weighted by Gasteiger charge is 2.25. The van der Waals surface area contributed by atoms with Gasteiger partial charge >= 0.3 is 0 Å². The number of nitrogens with zero attached hydrogens (tertiary/aromatic N) is 2. The summed E-state index contributed by atoms with van der Waals surface area (Å²) < 4.78 is 14.1. The topological polar surface area (TPSA) is 75.5 Å². The fraction of sp³-hybridized carbons (Fsp3) is 0.278. The van der Waals surface area contributed by atoms with Gasteiger partial charge in [0.05, 0.1) is 10.6 Å². The first-order valence-electron chi connectivity index (χ1n) is 8.13. The predicted molar refractivity (Wildman–Crippen MR) is 93.3 cm³/mol. The zero-order valence-electron chi connectivity index (χ0n) is 13.6. The maximum atomic E-state index is 14.1. The molecule has 1 aliphatic rings. The van der Waals surface area contributed by atoms with E-state index >= 15 is 0 Å². The zero-order chi connectivity index (χ0) is 17.8. The first-order valence-corrected chi connectivity index (χ1v) is 8.13. The number of nitro benzene ring substituents is 1. The number of anilines is 2. The minimum atomic E-state index is -0.472. The molecule has 0 saturated heterocycles. The van der Waals surface area contributed by atoms with E-state index in [1.165, 1.54) is 17.0 Å². The molecular weight excluding hydrogens is 325 g/mol. The Kier molecular flexibility index (Phi) is 4.92. The minimum Gasteiger partial charge on any atom is -0.379 e. The summed E-state index contributed by atoms with van der Waals surface area (Å²) in [4.78, 5) is 24.5. The van der Waals surface area contributed by atoms with Gasteiger partial charge in [-0.15, -0.1) is 0 Å². The van der Waals surface area contributed by atoms with Gasteiger partial charge in [-0.25, -0.2) is 4.39 Å². The van der Waals surface area contributed by atoms with Gasteiger partial charge in [0, 0.05) is 25.6 Å². The number of benzene rings is 2. The lowest BCUT2D eigenvalue weighted by molar-refractivity contribution is -0.384. The number of nitrogens with one attached hydrogen (secondary N) is 1. The molecule has 0 fully saturated rings. The monoisotopic (exact) mass is 343 g/mol. The number of hydrogen-bond acceptors (Lipinski definition) is 4. The van der Waals surface area contributed by atoms with Crippen molar-refractivity contribution in [2.45, 2.75) is 19.3 Å². The number of hydrogen-bond donors (Lipinski definition) is 1. The van der Waals surface area contributed by atoms with Gasteiger partial charge in [0.15, 0.2) is 0 Å². The predicted octanol–water partition coefficient (Wildman–Crippen LogP) is 3.52. The fourth-order valence-electron chi connectivity index (χ4n) is 3.07. The third kappa shape index (κ3) is 3.60. The molecule has 130 valence electrons. The molecule has 1 heterocycles. The standard InChI is InChI=1S/C18H18FN3O3/c19-14-7-3-5-13-6-4-12-21(18(13)14)17(23)10-11-20-15-8-1-2-9-16(15)22(24)25/h1-3,5,7-9,20H,4,6,10-12H2. The fourth-order valence-corrected chi connectivity index (χ4v) is 3.07. The molecule has 0 aromatic heterocycles. The summed E-state index contributed by atoms with van der Waals surface area (Å²) >= 11 is 0. The van der Waals surface area contributed by atoms with Gasteiger partial charge < -0.3 is 10.2 Å². The Morgan fingerprint density at radius 2 is 2.04 bits per heavy atom. The Morgan fingerprint density at radius 3 is 2.84 bits per heavy atom. The molecule has 0 bridgehead atoms. The van der Waals surface area contributed by atoms with Crippen LogP contribution >= 0.6 is 0 Å². The lowest BCUT2D eigenvalue weighted by Gasteiger charge is -2.30. The van der Waals surface area contributed by atoms with Gasteiger partial charge in [-0.05, 0) is 30.5 Å². The number of rotatable bonds is 5. The second-order valence-corrected chi connectivity index (χ2v) is 5.85. The molecule has 0 aliphatic carbocycles. The van der Waals surface area contributed by atoms with Crippen molar-refractivity contribution in [1.29, 1.82) is 0 Å². The smallest absolute Gasteiger partial charge is 0.292 e. The molecular formula is C18H18FN3O3. The molecule has 0 radical (unpaired) electrons. The van der Waals surface area contributed by atoms with Crippen LogP contribution in [0.2, 0.25) is 0 Å². The van der Waals surface area contributed by atoms with E-state index in [9.17, 15) is 19.3 Å². The van der Waals surface area contributed by atoms with Crippen LogP contribution < -0.4 is 10.2 Å². The number of nitro groups is 1. The molecule has 6 nitrogen and oxygen atoms in total. The third-order valence-electron chi connectivity index (χ3n) is 4.22. The number of carbonyl (C=O) groups is 1. The van der Waals surface area contributed by atoms with E-state index < -0.39 is 10.7 Å². The van der Waals surface area contributed by atoms with Crippen molar-refractivity contribution < 1.29 is 14.1 Å². The normalized spacial score (nSPS) is 13.2. The summed E-state index contributed by atoms with van der Waals surface area (Å²) in [5.41, 5.74) is 1.53. The summed E-state index contributed by atoms with van der Waals surface area (Å²) in [6, 6.07) is 11.1. The van der Waals surface area contributed by atoms with Gasteiger partial charge in [0.2, 0.25) is 5.91 Å². The minimum absolute atomic E-state index is 0.0377. The Bertz CT molecular complexity index is 810. The number of para-hydroxylation sites is 3. The maximum absolute atomic E-state index is 14.1. The molecule has 7 heteroatoms. The molecule has 25 heavy (non-hydrogen) atoms. The average molecular weight is 343 g/mol. The van der Waals surface area contributed by atoms with Gasteiger partial charge in [-0.2, -0.15) is 0 Å².